The van der Waals surface area contributed by atoms with Gasteiger partial charge in [0.05, 0.1) is 18.8 Å². The second kappa shape index (κ2) is 9.90. The zero-order valence-electron chi connectivity index (χ0n) is 17.2. The average Bonchev–Trinajstić information content (AvgIpc) is 3.30. The lowest BCUT2D eigenvalue weighted by molar-refractivity contribution is -0.268. The van der Waals surface area contributed by atoms with Gasteiger partial charge in [-0.05, 0) is 12.6 Å². The molecular weight excluding hydrogens is 389 g/mol. The molecular formula is C16H31B2O9P. The van der Waals surface area contributed by atoms with Gasteiger partial charge in [0.25, 0.3) is 0 Å². The van der Waals surface area contributed by atoms with Crippen LogP contribution in [0.5, 0.6) is 0 Å². The fourth-order valence-electron chi connectivity index (χ4n) is 3.73. The van der Waals surface area contributed by atoms with Crippen molar-refractivity contribution in [3.8, 4) is 0 Å². The van der Waals surface area contributed by atoms with Crippen LogP contribution in [0.4, 0.5) is 0 Å². The molecule has 3 rings (SSSR count). The number of unbranched alkanes of at least 4 members (excludes halogenated alkanes) is 2. The van der Waals surface area contributed by atoms with Crippen molar-refractivity contribution in [3.05, 3.63) is 0 Å². The molecule has 28 heavy (non-hydrogen) atoms. The first-order valence-corrected chi connectivity index (χ1v) is 11.6. The van der Waals surface area contributed by atoms with Crippen LogP contribution in [-0.2, 0) is 41.5 Å². The van der Waals surface area contributed by atoms with E-state index in [2.05, 4.69) is 13.8 Å². The largest absolute Gasteiger partial charge is 0.474 e. The van der Waals surface area contributed by atoms with Gasteiger partial charge >= 0.3 is 22.1 Å². The number of fused-ring (bicyclic) bond motifs is 3. The minimum Gasteiger partial charge on any atom is -0.403 e. The molecule has 3 saturated heterocycles. The van der Waals surface area contributed by atoms with Crippen LogP contribution in [0.3, 0.4) is 0 Å². The number of rotatable bonds is 11. The molecule has 0 bridgehead atoms. The van der Waals surface area contributed by atoms with Crippen molar-refractivity contribution in [1.82, 2.24) is 0 Å². The molecule has 9 nitrogen and oxygen atoms in total. The highest BCUT2D eigenvalue weighted by molar-refractivity contribution is 7.48. The third kappa shape index (κ3) is 4.85. The molecule has 3 aliphatic rings. The standard InChI is InChI=1S/C16H31B2O9P/c1-5-7-9-17-24-13-11-22-16(12-23-28(19,20-3)21-4)15(14(13)25-17)26-18(27-16)10-8-6-2/h13-15H,5-12H2,1-4H3. The second-order valence-electron chi connectivity index (χ2n) is 7.30. The SMILES string of the molecule is CCCCB1OC2COC3(COP(=O)(OC)OC)OB(CCCC)OC3C2O1. The van der Waals surface area contributed by atoms with Crippen LogP contribution < -0.4 is 0 Å². The third-order valence-corrected chi connectivity index (χ3v) is 6.65. The molecule has 3 heterocycles. The zero-order chi connectivity index (χ0) is 20.2. The summed E-state index contributed by atoms with van der Waals surface area (Å²) >= 11 is 0. The van der Waals surface area contributed by atoms with Crippen LogP contribution in [-0.4, -0.2) is 65.8 Å². The topological polar surface area (TPSA) is 90.9 Å². The van der Waals surface area contributed by atoms with Crippen LogP contribution >= 0.6 is 7.82 Å². The number of hydrogen-bond donors (Lipinski definition) is 0. The molecule has 0 aromatic carbocycles. The maximum atomic E-state index is 12.4. The van der Waals surface area contributed by atoms with Crippen molar-refractivity contribution in [2.45, 2.75) is 76.3 Å². The molecule has 0 radical (unpaired) electrons. The molecule has 0 N–H and O–H groups in total. The first kappa shape index (κ1) is 22.7. The van der Waals surface area contributed by atoms with E-state index in [1.807, 2.05) is 0 Å². The summed E-state index contributed by atoms with van der Waals surface area (Å²) in [7, 11) is -1.89. The van der Waals surface area contributed by atoms with E-state index >= 15 is 0 Å². The highest BCUT2D eigenvalue weighted by Gasteiger charge is 2.63. The van der Waals surface area contributed by atoms with E-state index in [1.54, 1.807) is 0 Å². The quantitative estimate of drug-likeness (QED) is 0.370. The van der Waals surface area contributed by atoms with Crippen LogP contribution in [0, 0.1) is 0 Å². The number of phosphoric acid groups is 1. The first-order chi connectivity index (χ1) is 13.5. The summed E-state index contributed by atoms with van der Waals surface area (Å²) in [5.41, 5.74) is 0. The van der Waals surface area contributed by atoms with Crippen LogP contribution in [0.25, 0.3) is 0 Å². The van der Waals surface area contributed by atoms with Crippen LogP contribution in [0.15, 0.2) is 0 Å². The van der Waals surface area contributed by atoms with Crippen molar-refractivity contribution in [3.63, 3.8) is 0 Å². The fraction of sp³-hybridized carbons (Fsp3) is 1.00. The van der Waals surface area contributed by atoms with E-state index in [0.717, 1.165) is 38.3 Å². The molecule has 3 aliphatic heterocycles. The van der Waals surface area contributed by atoms with E-state index in [1.165, 1.54) is 14.2 Å². The zero-order valence-corrected chi connectivity index (χ0v) is 18.1. The highest BCUT2D eigenvalue weighted by atomic mass is 31.2. The first-order valence-electron chi connectivity index (χ1n) is 10.1. The molecule has 4 unspecified atom stereocenters. The number of hydrogen-bond acceptors (Lipinski definition) is 9. The van der Waals surface area contributed by atoms with E-state index in [4.69, 9.17) is 36.9 Å². The van der Waals surface area contributed by atoms with Crippen molar-refractivity contribution in [1.29, 1.82) is 0 Å². The Morgan fingerprint density at radius 3 is 2.36 bits per heavy atom. The van der Waals surface area contributed by atoms with Crippen molar-refractivity contribution in [2.24, 2.45) is 0 Å². The lowest BCUT2D eigenvalue weighted by atomic mass is 9.82. The maximum Gasteiger partial charge on any atom is 0.474 e. The summed E-state index contributed by atoms with van der Waals surface area (Å²) in [4.78, 5) is 0. The predicted octanol–water partition coefficient (Wildman–Crippen LogP) is 2.91. The molecule has 12 heteroatoms. The normalized spacial score (nSPS) is 32.6. The Labute approximate surface area is 167 Å². The minimum absolute atomic E-state index is 0.161. The summed E-state index contributed by atoms with van der Waals surface area (Å²) < 4.78 is 58.0. The van der Waals surface area contributed by atoms with Gasteiger partial charge in [-0.3, -0.25) is 13.6 Å². The minimum atomic E-state index is -3.69. The van der Waals surface area contributed by atoms with E-state index < -0.39 is 26.8 Å². The van der Waals surface area contributed by atoms with Crippen molar-refractivity contribution in [2.75, 3.05) is 27.4 Å². The number of ether oxygens (including phenoxy) is 1. The molecule has 160 valence electrons. The Morgan fingerprint density at radius 2 is 1.71 bits per heavy atom. The molecule has 3 fully saturated rings. The Balaban J connectivity index is 1.73. The molecule has 0 aromatic rings. The molecule has 0 saturated carbocycles. The van der Waals surface area contributed by atoms with Gasteiger partial charge in [0.1, 0.15) is 12.7 Å². The fourth-order valence-corrected chi connectivity index (χ4v) is 4.43. The molecule has 0 spiro atoms. The van der Waals surface area contributed by atoms with Gasteiger partial charge in [0, 0.05) is 14.2 Å². The van der Waals surface area contributed by atoms with Gasteiger partial charge in [-0.2, -0.15) is 0 Å². The van der Waals surface area contributed by atoms with Gasteiger partial charge in [0.2, 0.25) is 5.79 Å². The summed E-state index contributed by atoms with van der Waals surface area (Å²) in [6, 6.07) is 0. The Hall–Kier alpha value is 0.0399. The molecule has 0 aromatic heterocycles. The average molecular weight is 420 g/mol. The van der Waals surface area contributed by atoms with Crippen molar-refractivity contribution < 1.29 is 41.5 Å². The van der Waals surface area contributed by atoms with E-state index in [0.29, 0.717) is 0 Å². The van der Waals surface area contributed by atoms with E-state index in [-0.39, 0.29) is 32.5 Å². The lowest BCUT2D eigenvalue weighted by Gasteiger charge is -2.42. The Morgan fingerprint density at radius 1 is 1.04 bits per heavy atom. The Bertz CT molecular complexity index is 548. The highest BCUT2D eigenvalue weighted by Crippen LogP contribution is 2.50. The van der Waals surface area contributed by atoms with Gasteiger partial charge in [-0.1, -0.05) is 39.5 Å². The smallest absolute Gasteiger partial charge is 0.403 e. The molecule has 0 amide bonds. The van der Waals surface area contributed by atoms with E-state index in [9.17, 15) is 4.57 Å². The molecule has 0 aliphatic carbocycles. The summed E-state index contributed by atoms with van der Waals surface area (Å²) in [6.45, 7) is 4.35. The van der Waals surface area contributed by atoms with Crippen LogP contribution in [0.2, 0.25) is 12.6 Å². The lowest BCUT2D eigenvalue weighted by Crippen LogP contribution is -2.60. The molecule has 4 atom stereocenters. The monoisotopic (exact) mass is 420 g/mol. The maximum absolute atomic E-state index is 12.4. The Kier molecular flexibility index (Phi) is 8.03. The van der Waals surface area contributed by atoms with Crippen LogP contribution in [0.1, 0.15) is 39.5 Å². The third-order valence-electron chi connectivity index (χ3n) is 5.31. The summed E-state index contributed by atoms with van der Waals surface area (Å²) in [5, 5.41) is 0. The second-order valence-corrected chi connectivity index (χ2v) is 9.18. The summed E-state index contributed by atoms with van der Waals surface area (Å²) in [5.74, 6) is -1.24. The van der Waals surface area contributed by atoms with Gasteiger partial charge in [-0.15, -0.1) is 0 Å². The number of phosphoric ester groups is 1. The van der Waals surface area contributed by atoms with Crippen molar-refractivity contribution >= 4 is 22.1 Å². The summed E-state index contributed by atoms with van der Waals surface area (Å²) in [6.07, 6.45) is 4.48. The van der Waals surface area contributed by atoms with Gasteiger partial charge < -0.3 is 23.4 Å². The predicted molar refractivity (Wildman–Crippen MR) is 103 cm³/mol. The van der Waals surface area contributed by atoms with Gasteiger partial charge in [0.15, 0.2) is 0 Å². The van der Waals surface area contributed by atoms with Gasteiger partial charge in [-0.25, -0.2) is 4.57 Å².